The van der Waals surface area contributed by atoms with Crippen LogP contribution in [0.5, 0.6) is 0 Å². The van der Waals surface area contributed by atoms with E-state index in [4.69, 9.17) is 9.47 Å². The van der Waals surface area contributed by atoms with Crippen LogP contribution in [0, 0.1) is 5.92 Å². The van der Waals surface area contributed by atoms with Crippen LogP contribution in [-0.4, -0.2) is 77.4 Å². The first-order valence-electron chi connectivity index (χ1n) is 6.28. The standard InChI is InChI=1S/C12H22O8/c1-6-7(13)4-12(17,11(16)19-3)20-10(6)9(15)8(14)5-18-2/h6-10,13-15,17H,4-5H2,1-3H3. The van der Waals surface area contributed by atoms with Crippen LogP contribution in [0.3, 0.4) is 0 Å². The third-order valence-electron chi connectivity index (χ3n) is 3.51. The molecule has 8 nitrogen and oxygen atoms in total. The highest BCUT2D eigenvalue weighted by atomic mass is 16.7. The van der Waals surface area contributed by atoms with Gasteiger partial charge in [-0.2, -0.15) is 0 Å². The van der Waals surface area contributed by atoms with Gasteiger partial charge >= 0.3 is 5.97 Å². The van der Waals surface area contributed by atoms with Crippen molar-refractivity contribution in [3.63, 3.8) is 0 Å². The van der Waals surface area contributed by atoms with E-state index in [0.717, 1.165) is 7.11 Å². The van der Waals surface area contributed by atoms with Crippen LogP contribution in [-0.2, 0) is 19.0 Å². The summed E-state index contributed by atoms with van der Waals surface area (Å²) >= 11 is 0. The molecular weight excluding hydrogens is 272 g/mol. The van der Waals surface area contributed by atoms with Gasteiger partial charge in [-0.25, -0.2) is 4.79 Å². The summed E-state index contributed by atoms with van der Waals surface area (Å²) in [5.41, 5.74) is 0. The second-order valence-electron chi connectivity index (χ2n) is 5.00. The van der Waals surface area contributed by atoms with Crippen molar-refractivity contribution in [2.75, 3.05) is 20.8 Å². The minimum Gasteiger partial charge on any atom is -0.465 e. The van der Waals surface area contributed by atoms with Crippen LogP contribution in [0.25, 0.3) is 0 Å². The third-order valence-corrected chi connectivity index (χ3v) is 3.51. The van der Waals surface area contributed by atoms with Gasteiger partial charge in [0.2, 0.25) is 0 Å². The molecule has 0 bridgehead atoms. The molecule has 1 aliphatic rings. The van der Waals surface area contributed by atoms with Gasteiger partial charge in [-0.15, -0.1) is 0 Å². The van der Waals surface area contributed by atoms with Crippen molar-refractivity contribution in [2.45, 2.75) is 43.5 Å². The summed E-state index contributed by atoms with van der Waals surface area (Å²) in [6, 6.07) is 0. The molecule has 8 heteroatoms. The maximum absolute atomic E-state index is 11.5. The number of hydrogen-bond acceptors (Lipinski definition) is 8. The Balaban J connectivity index is 2.90. The molecule has 1 aliphatic heterocycles. The maximum Gasteiger partial charge on any atom is 0.366 e. The number of aliphatic hydroxyl groups is 4. The zero-order chi connectivity index (χ0) is 15.5. The minimum absolute atomic E-state index is 0.152. The van der Waals surface area contributed by atoms with Crippen LogP contribution in [0.15, 0.2) is 0 Å². The number of methoxy groups -OCH3 is 2. The van der Waals surface area contributed by atoms with Gasteiger partial charge in [0.1, 0.15) is 12.2 Å². The SMILES string of the molecule is COCC(O)C(O)C1OC(O)(C(=O)OC)CC(O)C1C. The van der Waals surface area contributed by atoms with Gasteiger partial charge in [0.25, 0.3) is 5.79 Å². The molecule has 20 heavy (non-hydrogen) atoms. The molecule has 1 fully saturated rings. The summed E-state index contributed by atoms with van der Waals surface area (Å²) in [5, 5.41) is 39.7. The lowest BCUT2D eigenvalue weighted by molar-refractivity contribution is -0.303. The Bertz CT molecular complexity index is 335. The highest BCUT2D eigenvalue weighted by Crippen LogP contribution is 2.34. The first kappa shape index (κ1) is 17.3. The summed E-state index contributed by atoms with van der Waals surface area (Å²) in [4.78, 5) is 11.5. The monoisotopic (exact) mass is 294 g/mol. The average Bonchev–Trinajstić information content (AvgIpc) is 2.41. The van der Waals surface area contributed by atoms with Gasteiger partial charge in [0, 0.05) is 19.4 Å². The average molecular weight is 294 g/mol. The number of carbonyl (C=O) groups excluding carboxylic acids is 1. The lowest BCUT2D eigenvalue weighted by Gasteiger charge is -2.43. The number of esters is 1. The molecule has 0 aromatic rings. The lowest BCUT2D eigenvalue weighted by Crippen LogP contribution is -2.60. The number of rotatable bonds is 5. The van der Waals surface area contributed by atoms with Gasteiger partial charge in [0.15, 0.2) is 0 Å². The van der Waals surface area contributed by atoms with E-state index in [0.29, 0.717) is 0 Å². The Kier molecular flexibility index (Phi) is 5.87. The summed E-state index contributed by atoms with van der Waals surface area (Å²) in [7, 11) is 2.42. The molecule has 1 heterocycles. The molecule has 0 spiro atoms. The Morgan fingerprint density at radius 2 is 2.05 bits per heavy atom. The van der Waals surface area contributed by atoms with E-state index in [1.165, 1.54) is 7.11 Å². The second-order valence-corrected chi connectivity index (χ2v) is 5.00. The molecule has 0 radical (unpaired) electrons. The highest BCUT2D eigenvalue weighted by Gasteiger charge is 2.52. The van der Waals surface area contributed by atoms with E-state index in [1.54, 1.807) is 6.92 Å². The summed E-state index contributed by atoms with van der Waals surface area (Å²) in [6.45, 7) is 1.43. The molecule has 1 saturated heterocycles. The van der Waals surface area contributed by atoms with Crippen molar-refractivity contribution in [3.8, 4) is 0 Å². The van der Waals surface area contributed by atoms with Gasteiger partial charge in [-0.3, -0.25) is 0 Å². The van der Waals surface area contributed by atoms with E-state index in [9.17, 15) is 25.2 Å². The smallest absolute Gasteiger partial charge is 0.366 e. The van der Waals surface area contributed by atoms with Crippen molar-refractivity contribution in [2.24, 2.45) is 5.92 Å². The number of hydrogen-bond donors (Lipinski definition) is 4. The van der Waals surface area contributed by atoms with Crippen LogP contribution in [0.4, 0.5) is 0 Å². The Labute approximate surface area is 116 Å². The molecule has 0 amide bonds. The fraction of sp³-hybridized carbons (Fsp3) is 0.917. The van der Waals surface area contributed by atoms with Crippen LogP contribution >= 0.6 is 0 Å². The molecule has 1 rings (SSSR count). The van der Waals surface area contributed by atoms with Crippen LogP contribution < -0.4 is 0 Å². The van der Waals surface area contributed by atoms with Crippen molar-refractivity contribution >= 4 is 5.97 Å². The third kappa shape index (κ3) is 3.46. The van der Waals surface area contributed by atoms with Gasteiger partial charge < -0.3 is 34.6 Å². The molecule has 0 saturated carbocycles. The van der Waals surface area contributed by atoms with Gasteiger partial charge in [0.05, 0.1) is 25.9 Å². The number of carbonyl (C=O) groups is 1. The summed E-state index contributed by atoms with van der Waals surface area (Å²) < 4.78 is 14.3. The predicted molar refractivity (Wildman–Crippen MR) is 65.5 cm³/mol. The van der Waals surface area contributed by atoms with E-state index >= 15 is 0 Å². The maximum atomic E-state index is 11.5. The normalized spacial score (nSPS) is 37.2. The summed E-state index contributed by atoms with van der Waals surface area (Å²) in [5.74, 6) is -4.01. The number of aliphatic hydroxyl groups excluding tert-OH is 3. The zero-order valence-corrected chi connectivity index (χ0v) is 11.7. The first-order chi connectivity index (χ1) is 9.26. The minimum atomic E-state index is -2.35. The molecule has 4 N–H and O–H groups in total. The van der Waals surface area contributed by atoms with E-state index in [-0.39, 0.29) is 13.0 Å². The molecular formula is C12H22O8. The lowest BCUT2D eigenvalue weighted by atomic mass is 9.85. The predicted octanol–water partition coefficient (Wildman–Crippen LogP) is -2.00. The largest absolute Gasteiger partial charge is 0.465 e. The summed E-state index contributed by atoms with van der Waals surface area (Å²) in [6.07, 6.45) is -5.32. The fourth-order valence-electron chi connectivity index (χ4n) is 2.23. The number of ether oxygens (including phenoxy) is 3. The highest BCUT2D eigenvalue weighted by molar-refractivity contribution is 5.77. The Morgan fingerprint density at radius 3 is 2.55 bits per heavy atom. The van der Waals surface area contributed by atoms with Crippen LogP contribution in [0.1, 0.15) is 13.3 Å². The Hall–Kier alpha value is -0.770. The van der Waals surface area contributed by atoms with Gasteiger partial charge in [-0.1, -0.05) is 6.92 Å². The van der Waals surface area contributed by atoms with Crippen molar-refractivity contribution in [1.29, 1.82) is 0 Å². The fourth-order valence-corrected chi connectivity index (χ4v) is 2.23. The van der Waals surface area contributed by atoms with Crippen molar-refractivity contribution in [3.05, 3.63) is 0 Å². The molecule has 0 aromatic carbocycles. The molecule has 0 aliphatic carbocycles. The topological polar surface area (TPSA) is 126 Å². The van der Waals surface area contributed by atoms with Crippen molar-refractivity contribution in [1.82, 2.24) is 0 Å². The first-order valence-corrected chi connectivity index (χ1v) is 6.28. The zero-order valence-electron chi connectivity index (χ0n) is 11.7. The molecule has 118 valence electrons. The molecule has 0 aromatic heterocycles. The van der Waals surface area contributed by atoms with Crippen LogP contribution in [0.2, 0.25) is 0 Å². The molecule has 6 unspecified atom stereocenters. The van der Waals surface area contributed by atoms with E-state index in [1.807, 2.05) is 0 Å². The van der Waals surface area contributed by atoms with E-state index < -0.39 is 42.1 Å². The van der Waals surface area contributed by atoms with Gasteiger partial charge in [-0.05, 0) is 0 Å². The van der Waals surface area contributed by atoms with Crippen molar-refractivity contribution < 1.29 is 39.4 Å². The second kappa shape index (κ2) is 6.79. The Morgan fingerprint density at radius 1 is 1.45 bits per heavy atom. The van der Waals surface area contributed by atoms with E-state index in [2.05, 4.69) is 4.74 Å². The quantitative estimate of drug-likeness (QED) is 0.429. The molecule has 6 atom stereocenters.